The number of anilines is 1. The first-order valence-corrected chi connectivity index (χ1v) is 10.6. The summed E-state index contributed by atoms with van der Waals surface area (Å²) in [5, 5.41) is 0.524. The van der Waals surface area contributed by atoms with Crippen molar-refractivity contribution in [3.8, 4) is 0 Å². The average molecular weight is 362 g/mol. The van der Waals surface area contributed by atoms with Gasteiger partial charge in [-0.1, -0.05) is 32.0 Å². The van der Waals surface area contributed by atoms with E-state index in [2.05, 4.69) is 58.9 Å². The number of hydrogen-bond acceptors (Lipinski definition) is 4. The molecule has 1 aromatic carbocycles. The molecule has 0 aliphatic carbocycles. The van der Waals surface area contributed by atoms with E-state index in [-0.39, 0.29) is 0 Å². The summed E-state index contributed by atoms with van der Waals surface area (Å²) in [6.45, 7) is 10.5. The number of amides is 1. The number of rotatable bonds is 5. The Hall–Kier alpha value is -1.20. The Morgan fingerprint density at radius 3 is 2.52 bits per heavy atom. The molecule has 1 atom stereocenters. The smallest absolute Gasteiger partial charge is 0.232 e. The topological polar surface area (TPSA) is 26.8 Å². The van der Waals surface area contributed by atoms with Crippen LogP contribution in [0.25, 0.3) is 0 Å². The molecule has 4 nitrogen and oxygen atoms in total. The second-order valence-corrected chi connectivity index (χ2v) is 8.92. The predicted molar refractivity (Wildman–Crippen MR) is 107 cm³/mol. The third kappa shape index (κ3) is 5.14. The fourth-order valence-electron chi connectivity index (χ4n) is 3.79. The average Bonchev–Trinajstić information content (AvgIpc) is 2.67. The van der Waals surface area contributed by atoms with Crippen molar-refractivity contribution in [3.63, 3.8) is 0 Å². The zero-order chi connectivity index (χ0) is 17.6. The molecule has 2 fully saturated rings. The van der Waals surface area contributed by atoms with Crippen LogP contribution in [0.3, 0.4) is 0 Å². The summed E-state index contributed by atoms with van der Waals surface area (Å²) in [6.07, 6.45) is 2.37. The zero-order valence-electron chi connectivity index (χ0n) is 15.6. The number of para-hydroxylation sites is 1. The number of hydrogen-bond donors (Lipinski definition) is 0. The minimum Gasteiger partial charge on any atom is -0.369 e. The molecule has 0 aromatic heterocycles. The van der Waals surface area contributed by atoms with Gasteiger partial charge in [-0.05, 0) is 30.2 Å². The van der Waals surface area contributed by atoms with Gasteiger partial charge in [0.1, 0.15) is 0 Å². The van der Waals surface area contributed by atoms with Crippen LogP contribution >= 0.6 is 11.8 Å². The predicted octanol–water partition coefficient (Wildman–Crippen LogP) is 2.94. The molecule has 2 aliphatic heterocycles. The molecular weight excluding hydrogens is 330 g/mol. The van der Waals surface area contributed by atoms with Gasteiger partial charge in [-0.25, -0.2) is 0 Å². The summed E-state index contributed by atoms with van der Waals surface area (Å²) in [7, 11) is 0. The van der Waals surface area contributed by atoms with E-state index >= 15 is 0 Å². The van der Waals surface area contributed by atoms with Gasteiger partial charge in [-0.2, -0.15) is 0 Å². The van der Waals surface area contributed by atoms with E-state index in [0.29, 0.717) is 23.0 Å². The van der Waals surface area contributed by atoms with Crippen molar-refractivity contribution in [1.29, 1.82) is 0 Å². The highest BCUT2D eigenvalue weighted by Crippen LogP contribution is 2.21. The minimum atomic E-state index is 0.325. The fraction of sp³-hybridized carbons (Fsp3) is 0.650. The first-order chi connectivity index (χ1) is 12.1. The maximum atomic E-state index is 12.4. The van der Waals surface area contributed by atoms with Crippen LogP contribution in [0.2, 0.25) is 0 Å². The number of piperidine rings is 1. The standard InChI is InChI=1S/C20H31N3OS/c1-17(2)25-16-20(24)23-10-6-9-19(15-23)22-13-11-21(12-14-22)18-7-4-3-5-8-18/h3-5,7-8,17,19H,6,9-16H2,1-2H3/t19-/m1/s1. The van der Waals surface area contributed by atoms with E-state index in [9.17, 15) is 4.79 Å². The van der Waals surface area contributed by atoms with Crippen LogP contribution in [-0.4, -0.2) is 72.0 Å². The van der Waals surface area contributed by atoms with Crippen molar-refractivity contribution < 1.29 is 4.79 Å². The Labute approximate surface area is 156 Å². The van der Waals surface area contributed by atoms with E-state index in [1.807, 2.05) is 0 Å². The van der Waals surface area contributed by atoms with Crippen molar-refractivity contribution in [3.05, 3.63) is 30.3 Å². The molecular formula is C20H31N3OS. The Kier molecular flexibility index (Phi) is 6.65. The molecule has 0 unspecified atom stereocenters. The first kappa shape index (κ1) is 18.6. The summed E-state index contributed by atoms with van der Waals surface area (Å²) in [4.78, 5) is 19.6. The van der Waals surface area contributed by atoms with Crippen molar-refractivity contribution in [2.24, 2.45) is 0 Å². The van der Waals surface area contributed by atoms with Crippen LogP contribution in [0, 0.1) is 0 Å². The largest absolute Gasteiger partial charge is 0.369 e. The summed E-state index contributed by atoms with van der Waals surface area (Å²) in [6, 6.07) is 11.2. The lowest BCUT2D eigenvalue weighted by atomic mass is 10.0. The van der Waals surface area contributed by atoms with Crippen LogP contribution in [0.1, 0.15) is 26.7 Å². The van der Waals surface area contributed by atoms with Crippen LogP contribution in [0.15, 0.2) is 30.3 Å². The summed E-state index contributed by atoms with van der Waals surface area (Å²) in [5.41, 5.74) is 1.33. The minimum absolute atomic E-state index is 0.325. The lowest BCUT2D eigenvalue weighted by molar-refractivity contribution is -0.130. The molecule has 0 radical (unpaired) electrons. The van der Waals surface area contributed by atoms with Crippen molar-refractivity contribution in [1.82, 2.24) is 9.80 Å². The molecule has 138 valence electrons. The monoisotopic (exact) mass is 361 g/mol. The van der Waals surface area contributed by atoms with Gasteiger partial charge >= 0.3 is 0 Å². The van der Waals surface area contributed by atoms with Crippen molar-refractivity contribution >= 4 is 23.4 Å². The van der Waals surface area contributed by atoms with E-state index < -0.39 is 0 Å². The summed E-state index contributed by atoms with van der Waals surface area (Å²) in [5.74, 6) is 0.956. The highest BCUT2D eigenvalue weighted by molar-refractivity contribution is 8.00. The van der Waals surface area contributed by atoms with Crippen LogP contribution in [0.5, 0.6) is 0 Å². The SMILES string of the molecule is CC(C)SCC(=O)N1CCC[C@@H](N2CCN(c3ccccc3)CC2)C1. The highest BCUT2D eigenvalue weighted by atomic mass is 32.2. The molecule has 2 heterocycles. The summed E-state index contributed by atoms with van der Waals surface area (Å²) >= 11 is 1.76. The molecule has 1 amide bonds. The molecule has 25 heavy (non-hydrogen) atoms. The van der Waals surface area contributed by atoms with Gasteiger partial charge in [0, 0.05) is 51.0 Å². The van der Waals surface area contributed by atoms with E-state index in [0.717, 1.165) is 45.7 Å². The molecule has 0 bridgehead atoms. The second kappa shape index (κ2) is 8.95. The maximum Gasteiger partial charge on any atom is 0.232 e. The molecule has 3 rings (SSSR count). The number of carbonyl (C=O) groups is 1. The van der Waals surface area contributed by atoms with Crippen LogP contribution in [0.4, 0.5) is 5.69 Å². The van der Waals surface area contributed by atoms with Crippen LogP contribution in [-0.2, 0) is 4.79 Å². The van der Waals surface area contributed by atoms with E-state index in [4.69, 9.17) is 0 Å². The number of likely N-dealkylation sites (tertiary alicyclic amines) is 1. The van der Waals surface area contributed by atoms with Gasteiger partial charge in [0.25, 0.3) is 0 Å². The highest BCUT2D eigenvalue weighted by Gasteiger charge is 2.29. The molecule has 2 saturated heterocycles. The van der Waals surface area contributed by atoms with E-state index in [1.165, 1.54) is 12.1 Å². The number of thioether (sulfide) groups is 1. The number of carbonyl (C=O) groups excluding carboxylic acids is 1. The molecule has 0 saturated carbocycles. The molecule has 1 aromatic rings. The van der Waals surface area contributed by atoms with Crippen molar-refractivity contribution in [2.45, 2.75) is 38.0 Å². The first-order valence-electron chi connectivity index (χ1n) is 9.57. The van der Waals surface area contributed by atoms with Gasteiger partial charge < -0.3 is 9.80 Å². The molecule has 0 N–H and O–H groups in total. The Bertz CT molecular complexity index is 543. The van der Waals surface area contributed by atoms with E-state index in [1.54, 1.807) is 11.8 Å². The Balaban J connectivity index is 1.49. The summed E-state index contributed by atoms with van der Waals surface area (Å²) < 4.78 is 0. The van der Waals surface area contributed by atoms with Gasteiger partial charge in [-0.15, -0.1) is 11.8 Å². The fourth-order valence-corrected chi connectivity index (χ4v) is 4.45. The van der Waals surface area contributed by atoms with Gasteiger partial charge in [0.15, 0.2) is 0 Å². The number of piperazine rings is 1. The number of benzene rings is 1. The maximum absolute atomic E-state index is 12.4. The van der Waals surface area contributed by atoms with Crippen LogP contribution < -0.4 is 4.90 Å². The lowest BCUT2D eigenvalue weighted by Crippen LogP contribution is -2.56. The van der Waals surface area contributed by atoms with Gasteiger partial charge in [0.2, 0.25) is 5.91 Å². The molecule has 5 heteroatoms. The molecule has 0 spiro atoms. The number of nitrogens with zero attached hydrogens (tertiary/aromatic N) is 3. The third-order valence-electron chi connectivity index (χ3n) is 5.24. The second-order valence-electron chi connectivity index (χ2n) is 7.35. The van der Waals surface area contributed by atoms with Gasteiger partial charge in [0.05, 0.1) is 5.75 Å². The normalized spacial score (nSPS) is 22.4. The quantitative estimate of drug-likeness (QED) is 0.806. The van der Waals surface area contributed by atoms with Crippen molar-refractivity contribution in [2.75, 3.05) is 49.9 Å². The lowest BCUT2D eigenvalue weighted by Gasteiger charge is -2.44. The Morgan fingerprint density at radius 1 is 1.12 bits per heavy atom. The Morgan fingerprint density at radius 2 is 1.84 bits per heavy atom. The molecule has 2 aliphatic rings. The van der Waals surface area contributed by atoms with Gasteiger partial charge in [-0.3, -0.25) is 9.69 Å². The third-order valence-corrected chi connectivity index (χ3v) is 6.32. The zero-order valence-corrected chi connectivity index (χ0v) is 16.4.